The van der Waals surface area contributed by atoms with Crippen LogP contribution in [0.25, 0.3) is 0 Å². The van der Waals surface area contributed by atoms with Crippen LogP contribution in [-0.4, -0.2) is 62.1 Å². The number of ketones is 1. The molecule has 0 aromatic heterocycles. The molecule has 0 heterocycles. The number of hydrogen-bond donors (Lipinski definition) is 0. The molecule has 0 unspecified atom stereocenters. The Balaban J connectivity index is 2.89. The minimum absolute atomic E-state index is 0.00918. The lowest BCUT2D eigenvalue weighted by molar-refractivity contribution is -0.177. The highest BCUT2D eigenvalue weighted by Gasteiger charge is 2.66. The van der Waals surface area contributed by atoms with Crippen molar-refractivity contribution >= 4 is 36.7 Å². The molecule has 1 fully saturated rings. The summed E-state index contributed by atoms with van der Waals surface area (Å²) >= 11 is 0. The van der Waals surface area contributed by atoms with Crippen LogP contribution in [0.4, 0.5) is 0 Å². The predicted molar refractivity (Wildman–Crippen MR) is 168 cm³/mol. The van der Waals surface area contributed by atoms with Gasteiger partial charge in [-0.3, -0.25) is 9.59 Å². The Morgan fingerprint density at radius 2 is 1.23 bits per heavy atom. The number of carbonyl (C=O) groups is 2. The van der Waals surface area contributed by atoms with Gasteiger partial charge in [0.2, 0.25) is 0 Å². The van der Waals surface area contributed by atoms with Gasteiger partial charge >= 0.3 is 5.97 Å². The lowest BCUT2D eigenvalue weighted by Crippen LogP contribution is -2.68. The van der Waals surface area contributed by atoms with Crippen LogP contribution < -0.4 is 0 Å². The first kappa shape index (κ1) is 34.6. The molecule has 4 atom stereocenters. The van der Waals surface area contributed by atoms with Crippen LogP contribution in [0.1, 0.15) is 81.6 Å². The molecule has 0 aromatic carbocycles. The third-order valence-corrected chi connectivity index (χ3v) is 23.9. The third kappa shape index (κ3) is 6.43. The second-order valence-corrected chi connectivity index (χ2v) is 30.5. The van der Waals surface area contributed by atoms with Crippen molar-refractivity contribution in [2.75, 3.05) is 7.11 Å². The molecule has 0 N–H and O–H groups in total. The first-order valence-corrected chi connectivity index (χ1v) is 23.3. The van der Waals surface area contributed by atoms with Crippen molar-refractivity contribution in [3.05, 3.63) is 11.6 Å². The number of ether oxygens (including phenoxy) is 1. The number of fused-ring (bicyclic) bond motifs is 1. The van der Waals surface area contributed by atoms with Crippen LogP contribution in [0.3, 0.4) is 0 Å². The molecular weight excluding hydrogens is 541 g/mol. The monoisotopic (exact) mass is 598 g/mol. The first-order valence-electron chi connectivity index (χ1n) is 14.6. The fraction of sp³-hybridized carbons (Fsp3) is 0.867. The summed E-state index contributed by atoms with van der Waals surface area (Å²) in [6.07, 6.45) is 1.68. The number of rotatable bonds is 7. The largest absolute Gasteiger partial charge is 0.468 e. The Morgan fingerprint density at radius 3 is 1.67 bits per heavy atom. The summed E-state index contributed by atoms with van der Waals surface area (Å²) in [5.74, 6) is -0.456. The molecular formula is C30H58O6Si3. The van der Waals surface area contributed by atoms with Crippen molar-refractivity contribution in [1.82, 2.24) is 0 Å². The molecule has 0 radical (unpaired) electrons. The van der Waals surface area contributed by atoms with E-state index in [1.807, 2.05) is 6.08 Å². The first-order chi connectivity index (χ1) is 17.3. The number of Topliss-reactive ketones (excluding diaryl/α,β-unsaturated/α-hetero) is 1. The van der Waals surface area contributed by atoms with Gasteiger partial charge in [-0.25, -0.2) is 0 Å². The zero-order chi connectivity index (χ0) is 30.6. The van der Waals surface area contributed by atoms with Crippen LogP contribution in [0.15, 0.2) is 11.6 Å². The summed E-state index contributed by atoms with van der Waals surface area (Å²) in [6.45, 7) is 33.1. The molecule has 2 rings (SSSR count). The maximum Gasteiger partial charge on any atom is 0.321 e. The van der Waals surface area contributed by atoms with Gasteiger partial charge in [-0.1, -0.05) is 68.4 Å². The summed E-state index contributed by atoms with van der Waals surface area (Å²) < 4.78 is 27.1. The summed E-state index contributed by atoms with van der Waals surface area (Å²) in [5.41, 5.74) is -0.872. The Bertz CT molecular complexity index is 965. The van der Waals surface area contributed by atoms with Crippen LogP contribution in [-0.2, 0) is 27.6 Å². The molecule has 0 aromatic rings. The standard InChI is InChI=1S/C30H58O6Si3/c1-27(2,3)37(11,12)34-23-19-17-21-22(31)18-20-24(35-38(13,14)28(4,5)6)30(21,26(32)33-10)25(23)36-39(15,16)29(7,8)9/h17,23-25H,18-20H2,1-16H3/t23-,24+,25-,30-/m1/s1. The predicted octanol–water partition coefficient (Wildman–Crippen LogP) is 8.01. The normalized spacial score (nSPS) is 27.6. The van der Waals surface area contributed by atoms with Gasteiger partial charge < -0.3 is 18.0 Å². The Labute approximate surface area is 242 Å². The maximum atomic E-state index is 14.3. The lowest BCUT2D eigenvalue weighted by atomic mass is 9.60. The van der Waals surface area contributed by atoms with Gasteiger partial charge in [0.25, 0.3) is 0 Å². The van der Waals surface area contributed by atoms with E-state index >= 15 is 0 Å². The molecule has 0 spiro atoms. The molecule has 2 aliphatic carbocycles. The number of hydrogen-bond acceptors (Lipinski definition) is 6. The highest BCUT2D eigenvalue weighted by Crippen LogP contribution is 2.55. The maximum absolute atomic E-state index is 14.3. The van der Waals surface area contributed by atoms with E-state index in [0.717, 1.165) is 0 Å². The van der Waals surface area contributed by atoms with Gasteiger partial charge in [-0.15, -0.1) is 0 Å². The van der Waals surface area contributed by atoms with Crippen LogP contribution in [0, 0.1) is 5.41 Å². The third-order valence-electron chi connectivity index (χ3n) is 10.5. The lowest BCUT2D eigenvalue weighted by Gasteiger charge is -2.57. The summed E-state index contributed by atoms with van der Waals surface area (Å²) in [4.78, 5) is 27.9. The van der Waals surface area contributed by atoms with E-state index in [1.54, 1.807) is 0 Å². The topological polar surface area (TPSA) is 71.1 Å². The van der Waals surface area contributed by atoms with Crippen molar-refractivity contribution in [3.63, 3.8) is 0 Å². The molecule has 1 saturated carbocycles. The van der Waals surface area contributed by atoms with Gasteiger partial charge in [0.1, 0.15) is 5.41 Å². The van der Waals surface area contributed by atoms with Crippen LogP contribution in [0.5, 0.6) is 0 Å². The van der Waals surface area contributed by atoms with E-state index in [0.29, 0.717) is 24.8 Å². The van der Waals surface area contributed by atoms with Crippen molar-refractivity contribution in [2.24, 2.45) is 5.41 Å². The molecule has 0 amide bonds. The quantitative estimate of drug-likeness (QED) is 0.218. The van der Waals surface area contributed by atoms with E-state index in [9.17, 15) is 9.59 Å². The smallest absolute Gasteiger partial charge is 0.321 e. The van der Waals surface area contributed by atoms with E-state index in [-0.39, 0.29) is 27.0 Å². The number of esters is 1. The SMILES string of the molecule is COC(=O)[C@@]12C(=CC[C@@H](O[Si](C)(C)C(C)(C)C)[C@H]1O[Si](C)(C)C(C)(C)C)C(=O)CC[C@@H]2O[Si](C)(C)C(C)(C)C. The van der Waals surface area contributed by atoms with Gasteiger partial charge in [-0.2, -0.15) is 0 Å². The minimum Gasteiger partial charge on any atom is -0.468 e. The zero-order valence-electron chi connectivity index (χ0n) is 27.9. The summed E-state index contributed by atoms with van der Waals surface area (Å²) in [5, 5.41) is -0.213. The Hall–Kier alpha value is -0.589. The summed E-state index contributed by atoms with van der Waals surface area (Å²) in [7, 11) is -5.63. The summed E-state index contributed by atoms with van der Waals surface area (Å²) in [6, 6.07) is 0. The van der Waals surface area contributed by atoms with Crippen molar-refractivity contribution < 1.29 is 27.6 Å². The van der Waals surface area contributed by atoms with Gasteiger partial charge in [0.05, 0.1) is 25.4 Å². The molecule has 0 aliphatic heterocycles. The molecule has 0 saturated heterocycles. The van der Waals surface area contributed by atoms with E-state index < -0.39 is 48.5 Å². The van der Waals surface area contributed by atoms with Gasteiger partial charge in [0.15, 0.2) is 30.7 Å². The fourth-order valence-corrected chi connectivity index (χ4v) is 8.86. The molecule has 6 nitrogen and oxygen atoms in total. The Kier molecular flexibility index (Phi) is 9.69. The average Bonchev–Trinajstić information content (AvgIpc) is 2.73. The zero-order valence-corrected chi connectivity index (χ0v) is 30.9. The van der Waals surface area contributed by atoms with E-state index in [4.69, 9.17) is 18.0 Å². The second-order valence-electron chi connectivity index (χ2n) is 16.3. The Morgan fingerprint density at radius 1 is 0.795 bits per heavy atom. The molecule has 226 valence electrons. The van der Waals surface area contributed by atoms with Crippen molar-refractivity contribution in [3.8, 4) is 0 Å². The molecule has 39 heavy (non-hydrogen) atoms. The van der Waals surface area contributed by atoms with Crippen LogP contribution >= 0.6 is 0 Å². The number of carbonyl (C=O) groups excluding carboxylic acids is 2. The molecule has 0 bridgehead atoms. The van der Waals surface area contributed by atoms with Gasteiger partial charge in [-0.05, 0) is 67.2 Å². The van der Waals surface area contributed by atoms with Crippen molar-refractivity contribution in [1.29, 1.82) is 0 Å². The minimum atomic E-state index is -2.44. The fourth-order valence-electron chi connectivity index (χ4n) is 4.84. The van der Waals surface area contributed by atoms with E-state index in [2.05, 4.69) is 102 Å². The number of methoxy groups -OCH3 is 1. The van der Waals surface area contributed by atoms with Crippen LogP contribution in [0.2, 0.25) is 54.4 Å². The molecule has 2 aliphatic rings. The van der Waals surface area contributed by atoms with E-state index in [1.165, 1.54) is 7.11 Å². The molecule has 9 heteroatoms. The highest BCUT2D eigenvalue weighted by atomic mass is 28.4. The van der Waals surface area contributed by atoms with Gasteiger partial charge in [0, 0.05) is 12.0 Å². The highest BCUT2D eigenvalue weighted by molar-refractivity contribution is 6.75. The van der Waals surface area contributed by atoms with Crippen molar-refractivity contribution in [2.45, 2.75) is 154 Å². The average molecular weight is 599 g/mol. The second kappa shape index (κ2) is 10.9.